The molecule has 8 nitrogen and oxygen atoms in total. The Kier molecular flexibility index (Phi) is 3.31. The number of fused-ring (bicyclic) bond motifs is 1. The number of nitrogens with two attached hydrogens (primary N) is 1. The van der Waals surface area contributed by atoms with E-state index in [0.29, 0.717) is 11.4 Å². The SMILES string of the molecule is COc1ccc(-n2nc3c(=O)n(N)ccc3c(C#N)c2=O)cc1. The first-order valence-electron chi connectivity index (χ1n) is 6.55. The minimum atomic E-state index is -0.612. The van der Waals surface area contributed by atoms with Crippen LogP contribution < -0.4 is 21.7 Å². The van der Waals surface area contributed by atoms with Gasteiger partial charge in [-0.1, -0.05) is 0 Å². The monoisotopic (exact) mass is 309 g/mol. The number of hydrogen-bond donors (Lipinski definition) is 1. The average molecular weight is 309 g/mol. The summed E-state index contributed by atoms with van der Waals surface area (Å²) in [6.07, 6.45) is 1.28. The summed E-state index contributed by atoms with van der Waals surface area (Å²) in [4.78, 5) is 24.6. The van der Waals surface area contributed by atoms with Gasteiger partial charge in [0.2, 0.25) is 0 Å². The van der Waals surface area contributed by atoms with Gasteiger partial charge in [-0.05, 0) is 30.3 Å². The number of nitrogen functional groups attached to an aromatic ring is 1. The van der Waals surface area contributed by atoms with E-state index in [1.54, 1.807) is 24.3 Å². The lowest BCUT2D eigenvalue weighted by Crippen LogP contribution is -2.31. The third-order valence-electron chi connectivity index (χ3n) is 3.40. The van der Waals surface area contributed by atoms with Crippen LogP contribution in [0.5, 0.6) is 5.75 Å². The summed E-state index contributed by atoms with van der Waals surface area (Å²) >= 11 is 0. The van der Waals surface area contributed by atoms with E-state index in [1.165, 1.54) is 19.4 Å². The molecule has 0 unspecified atom stereocenters. The van der Waals surface area contributed by atoms with E-state index in [9.17, 15) is 14.9 Å². The van der Waals surface area contributed by atoms with E-state index in [-0.39, 0.29) is 16.5 Å². The highest BCUT2D eigenvalue weighted by Gasteiger charge is 2.15. The second-order valence-electron chi connectivity index (χ2n) is 4.69. The number of hydrogen-bond acceptors (Lipinski definition) is 6. The van der Waals surface area contributed by atoms with Gasteiger partial charge >= 0.3 is 0 Å². The number of ether oxygens (including phenoxy) is 1. The molecule has 114 valence electrons. The van der Waals surface area contributed by atoms with E-state index in [2.05, 4.69) is 5.10 Å². The molecule has 0 bridgehead atoms. The lowest BCUT2D eigenvalue weighted by molar-refractivity contribution is 0.414. The Labute approximate surface area is 129 Å². The number of aromatic nitrogens is 3. The van der Waals surface area contributed by atoms with Crippen LogP contribution in [0, 0.1) is 11.3 Å². The third kappa shape index (κ3) is 2.20. The molecule has 0 spiro atoms. The quantitative estimate of drug-likeness (QED) is 0.673. The average Bonchev–Trinajstić information content (AvgIpc) is 2.58. The molecular weight excluding hydrogens is 298 g/mol. The molecule has 2 aromatic heterocycles. The Morgan fingerprint density at radius 1 is 1.17 bits per heavy atom. The number of nitrogens with zero attached hydrogens (tertiary/aromatic N) is 4. The van der Waals surface area contributed by atoms with Gasteiger partial charge in [0.05, 0.1) is 12.8 Å². The van der Waals surface area contributed by atoms with Gasteiger partial charge in [-0.15, -0.1) is 0 Å². The van der Waals surface area contributed by atoms with Crippen molar-refractivity contribution in [1.82, 2.24) is 14.5 Å². The molecule has 0 saturated carbocycles. The Bertz CT molecular complexity index is 1060. The van der Waals surface area contributed by atoms with Crippen molar-refractivity contribution in [2.75, 3.05) is 13.0 Å². The minimum Gasteiger partial charge on any atom is -0.497 e. The van der Waals surface area contributed by atoms with Crippen molar-refractivity contribution < 1.29 is 4.74 Å². The molecule has 8 heteroatoms. The van der Waals surface area contributed by atoms with Gasteiger partial charge in [0, 0.05) is 11.6 Å². The lowest BCUT2D eigenvalue weighted by atomic mass is 10.2. The second kappa shape index (κ2) is 5.31. The van der Waals surface area contributed by atoms with Crippen LogP contribution in [0.4, 0.5) is 0 Å². The fourth-order valence-corrected chi connectivity index (χ4v) is 2.21. The zero-order chi connectivity index (χ0) is 16.6. The first kappa shape index (κ1) is 14.3. The maximum Gasteiger partial charge on any atom is 0.296 e. The van der Waals surface area contributed by atoms with Crippen molar-refractivity contribution in [2.24, 2.45) is 0 Å². The zero-order valence-electron chi connectivity index (χ0n) is 12.1. The molecule has 0 atom stereocenters. The van der Waals surface area contributed by atoms with Crippen LogP contribution in [0.3, 0.4) is 0 Å². The fraction of sp³-hybridized carbons (Fsp3) is 0.0667. The Morgan fingerprint density at radius 3 is 2.48 bits per heavy atom. The number of methoxy groups -OCH3 is 1. The van der Waals surface area contributed by atoms with Crippen molar-refractivity contribution in [1.29, 1.82) is 5.26 Å². The topological polar surface area (TPSA) is 116 Å². The molecule has 1 aromatic carbocycles. The maximum atomic E-state index is 12.5. The van der Waals surface area contributed by atoms with Crippen molar-refractivity contribution in [3.8, 4) is 17.5 Å². The summed E-state index contributed by atoms with van der Waals surface area (Å²) < 4.78 is 6.90. The van der Waals surface area contributed by atoms with E-state index < -0.39 is 11.1 Å². The van der Waals surface area contributed by atoms with Gasteiger partial charge in [-0.3, -0.25) is 9.59 Å². The van der Waals surface area contributed by atoms with Crippen molar-refractivity contribution >= 4 is 10.9 Å². The van der Waals surface area contributed by atoms with Crippen LogP contribution in [-0.4, -0.2) is 21.6 Å². The van der Waals surface area contributed by atoms with Crippen LogP contribution in [0.15, 0.2) is 46.1 Å². The van der Waals surface area contributed by atoms with Crippen LogP contribution in [-0.2, 0) is 0 Å². The number of nitriles is 1. The van der Waals surface area contributed by atoms with E-state index >= 15 is 0 Å². The summed E-state index contributed by atoms with van der Waals surface area (Å²) in [6.45, 7) is 0. The molecule has 3 aromatic rings. The maximum absolute atomic E-state index is 12.5. The van der Waals surface area contributed by atoms with Crippen LogP contribution in [0.2, 0.25) is 0 Å². The van der Waals surface area contributed by atoms with Gasteiger partial charge < -0.3 is 10.6 Å². The smallest absolute Gasteiger partial charge is 0.296 e. The normalized spacial score (nSPS) is 10.4. The second-order valence-corrected chi connectivity index (χ2v) is 4.69. The molecule has 0 fully saturated rings. The molecule has 0 aliphatic rings. The summed E-state index contributed by atoms with van der Waals surface area (Å²) in [5.41, 5.74) is -1.02. The van der Waals surface area contributed by atoms with Crippen molar-refractivity contribution in [3.63, 3.8) is 0 Å². The first-order valence-corrected chi connectivity index (χ1v) is 6.55. The highest BCUT2D eigenvalue weighted by atomic mass is 16.5. The highest BCUT2D eigenvalue weighted by molar-refractivity contribution is 5.83. The van der Waals surface area contributed by atoms with Crippen molar-refractivity contribution in [2.45, 2.75) is 0 Å². The summed E-state index contributed by atoms with van der Waals surface area (Å²) in [5, 5.41) is 13.5. The van der Waals surface area contributed by atoms with Crippen LogP contribution >= 0.6 is 0 Å². The lowest BCUT2D eigenvalue weighted by Gasteiger charge is -2.08. The Hall–Kier alpha value is -3.60. The predicted molar refractivity (Wildman–Crippen MR) is 83.0 cm³/mol. The van der Waals surface area contributed by atoms with Gasteiger partial charge in [-0.25, -0.2) is 4.68 Å². The van der Waals surface area contributed by atoms with Crippen molar-refractivity contribution in [3.05, 3.63) is 62.8 Å². The first-order chi connectivity index (χ1) is 11.1. The molecule has 23 heavy (non-hydrogen) atoms. The Morgan fingerprint density at radius 2 is 1.87 bits per heavy atom. The summed E-state index contributed by atoms with van der Waals surface area (Å²) in [5.74, 6) is 6.12. The third-order valence-corrected chi connectivity index (χ3v) is 3.40. The standard InChI is InChI=1S/C15H11N5O3/c1-23-10-4-2-9(3-5-10)20-14(21)12(8-16)11-6-7-19(17)15(22)13(11)18-20/h2-7H,17H2,1H3. The molecule has 0 radical (unpaired) electrons. The number of pyridine rings is 1. The zero-order valence-corrected chi connectivity index (χ0v) is 12.1. The molecular formula is C15H11N5O3. The van der Waals surface area contributed by atoms with E-state index in [4.69, 9.17) is 10.6 Å². The van der Waals surface area contributed by atoms with E-state index in [0.717, 1.165) is 9.36 Å². The molecule has 2 N–H and O–H groups in total. The Balaban J connectivity index is 2.39. The van der Waals surface area contributed by atoms with Gasteiger partial charge in [0.25, 0.3) is 11.1 Å². The van der Waals surface area contributed by atoms with E-state index in [1.807, 2.05) is 6.07 Å². The van der Waals surface area contributed by atoms with Crippen LogP contribution in [0.25, 0.3) is 16.6 Å². The minimum absolute atomic E-state index is 0.0537. The van der Waals surface area contributed by atoms with Crippen LogP contribution in [0.1, 0.15) is 5.56 Å². The number of rotatable bonds is 2. The molecule has 2 heterocycles. The summed E-state index contributed by atoms with van der Waals surface area (Å²) in [6, 6.07) is 9.74. The molecule has 3 rings (SSSR count). The predicted octanol–water partition coefficient (Wildman–Crippen LogP) is 0.141. The van der Waals surface area contributed by atoms with Gasteiger partial charge in [-0.2, -0.15) is 15.0 Å². The molecule has 0 saturated heterocycles. The summed E-state index contributed by atoms with van der Waals surface area (Å²) in [7, 11) is 1.52. The molecule has 0 amide bonds. The fourth-order valence-electron chi connectivity index (χ4n) is 2.21. The number of benzene rings is 1. The van der Waals surface area contributed by atoms with Gasteiger partial charge in [0.15, 0.2) is 5.52 Å². The largest absolute Gasteiger partial charge is 0.497 e. The highest BCUT2D eigenvalue weighted by Crippen LogP contribution is 2.15. The molecule has 0 aliphatic heterocycles. The van der Waals surface area contributed by atoms with Gasteiger partial charge in [0.1, 0.15) is 17.4 Å². The molecule has 0 aliphatic carbocycles.